The number of urea groups is 1. The SMILES string of the molecule is O=C(O)c1nccnc1C(=O)O.[15NH2]C(=O)c1cnccn1.[15NH2]C([15NH2])=O. The third-order valence-corrected chi connectivity index (χ3v) is 1.92. The number of primary amides is 3. The van der Waals surface area contributed by atoms with Gasteiger partial charge in [0.05, 0.1) is 6.20 Å². The van der Waals surface area contributed by atoms with E-state index in [1.54, 1.807) is 0 Å². The van der Waals surface area contributed by atoms with Gasteiger partial charge < -0.3 is 27.4 Å². The number of hydrogen-bond acceptors (Lipinski definition) is 8. The first-order valence-corrected chi connectivity index (χ1v) is 6.05. The van der Waals surface area contributed by atoms with Crippen molar-refractivity contribution in [2.75, 3.05) is 0 Å². The summed E-state index contributed by atoms with van der Waals surface area (Å²) in [7, 11) is 0. The number of hydrogen-bond donors (Lipinski definition) is 5. The van der Waals surface area contributed by atoms with Crippen LogP contribution in [0.3, 0.4) is 0 Å². The summed E-state index contributed by atoms with van der Waals surface area (Å²) < 4.78 is 0. The largest absolute Gasteiger partial charge is 0.476 e. The van der Waals surface area contributed by atoms with Crippen molar-refractivity contribution in [2.45, 2.75) is 0 Å². The summed E-state index contributed by atoms with van der Waals surface area (Å²) >= 11 is 0. The molecule has 0 aliphatic heterocycles. The van der Waals surface area contributed by atoms with Gasteiger partial charge in [0, 0.05) is 24.8 Å². The number of nitrogens with zero attached hydrogens (tertiary/aromatic N) is 4. The Morgan fingerprint density at radius 1 is 0.760 bits per heavy atom. The lowest BCUT2D eigenvalue weighted by Gasteiger charge is -1.96. The molecular formula is C12H13N7O6. The van der Waals surface area contributed by atoms with E-state index >= 15 is 0 Å². The minimum absolute atomic E-state index is 0.192. The maximum Gasteiger partial charge on any atom is 0.357 e. The molecule has 0 aliphatic carbocycles. The van der Waals surface area contributed by atoms with Crippen molar-refractivity contribution >= 4 is 23.9 Å². The van der Waals surface area contributed by atoms with Crippen LogP contribution >= 0.6 is 0 Å². The Kier molecular flexibility index (Phi) is 8.79. The van der Waals surface area contributed by atoms with Crippen LogP contribution in [0, 0.1) is 0 Å². The topological polar surface area (TPSA) is 238 Å². The first-order valence-electron chi connectivity index (χ1n) is 6.05. The van der Waals surface area contributed by atoms with Crippen molar-refractivity contribution in [1.82, 2.24) is 19.9 Å². The molecule has 0 saturated carbocycles. The molecule has 132 valence electrons. The highest BCUT2D eigenvalue weighted by Gasteiger charge is 2.17. The van der Waals surface area contributed by atoms with Gasteiger partial charge in [-0.25, -0.2) is 29.3 Å². The van der Waals surface area contributed by atoms with E-state index < -0.39 is 35.3 Å². The Bertz CT molecular complexity index is 716. The number of aromatic carboxylic acids is 2. The van der Waals surface area contributed by atoms with E-state index in [-0.39, 0.29) is 5.69 Å². The maximum atomic E-state index is 10.4. The summed E-state index contributed by atoms with van der Waals surface area (Å²) in [5.74, 6) is -3.36. The Morgan fingerprint density at radius 3 is 1.40 bits per heavy atom. The summed E-state index contributed by atoms with van der Waals surface area (Å²) in [6.45, 7) is 0. The molecule has 0 atom stereocenters. The molecule has 0 fully saturated rings. The molecule has 13 nitrogen and oxygen atoms in total. The van der Waals surface area contributed by atoms with Crippen molar-refractivity contribution in [3.63, 3.8) is 0 Å². The summed E-state index contributed by atoms with van der Waals surface area (Å²) in [5.41, 5.74) is 12.5. The third kappa shape index (κ3) is 8.77. The number of amides is 3. The molecule has 25 heavy (non-hydrogen) atoms. The molecule has 0 spiro atoms. The van der Waals surface area contributed by atoms with Gasteiger partial charge in [-0.2, -0.15) is 0 Å². The molecule has 2 rings (SSSR count). The van der Waals surface area contributed by atoms with Gasteiger partial charge in [0.2, 0.25) is 0 Å². The van der Waals surface area contributed by atoms with Crippen molar-refractivity contribution in [1.29, 1.82) is 0 Å². The van der Waals surface area contributed by atoms with E-state index in [2.05, 4.69) is 31.4 Å². The predicted octanol–water partition coefficient (Wildman–Crippen LogP) is -1.53. The van der Waals surface area contributed by atoms with E-state index in [0.717, 1.165) is 12.4 Å². The van der Waals surface area contributed by atoms with E-state index in [1.807, 2.05) is 0 Å². The summed E-state index contributed by atoms with van der Waals surface area (Å²) in [6, 6.07) is -0.833. The van der Waals surface area contributed by atoms with Gasteiger partial charge >= 0.3 is 18.0 Å². The van der Waals surface area contributed by atoms with Gasteiger partial charge in [0.25, 0.3) is 5.91 Å². The predicted molar refractivity (Wildman–Crippen MR) is 80.3 cm³/mol. The number of carboxylic acid groups (broad SMARTS) is 2. The van der Waals surface area contributed by atoms with Crippen LogP contribution in [0.4, 0.5) is 4.79 Å². The van der Waals surface area contributed by atoms with Gasteiger partial charge in [-0.05, 0) is 0 Å². The van der Waals surface area contributed by atoms with Gasteiger partial charge in [-0.15, -0.1) is 0 Å². The van der Waals surface area contributed by atoms with Crippen molar-refractivity contribution in [3.8, 4) is 0 Å². The molecule has 0 saturated heterocycles. The smallest absolute Gasteiger partial charge is 0.357 e. The average Bonchev–Trinajstić information content (AvgIpc) is 2.55. The van der Waals surface area contributed by atoms with Crippen LogP contribution < -0.4 is 17.2 Å². The molecule has 0 bridgehead atoms. The highest BCUT2D eigenvalue weighted by Crippen LogP contribution is 2.00. The molecule has 0 aromatic carbocycles. The molecule has 8 N–H and O–H groups in total. The molecule has 0 unspecified atom stereocenters. The van der Waals surface area contributed by atoms with E-state index in [4.69, 9.17) is 20.7 Å². The second kappa shape index (κ2) is 10.5. The monoisotopic (exact) mass is 354 g/mol. The molecule has 3 amide bonds. The highest BCUT2D eigenvalue weighted by atomic mass is 16.4. The van der Waals surface area contributed by atoms with Gasteiger partial charge in [-0.3, -0.25) is 9.78 Å². The van der Waals surface area contributed by atoms with Gasteiger partial charge in [0.15, 0.2) is 11.4 Å². The van der Waals surface area contributed by atoms with Crippen LogP contribution in [-0.4, -0.2) is 54.0 Å². The Morgan fingerprint density at radius 2 is 1.16 bits per heavy atom. The zero-order valence-corrected chi connectivity index (χ0v) is 12.4. The maximum absolute atomic E-state index is 10.4. The number of carbonyl (C=O) groups excluding carboxylic acids is 2. The first-order chi connectivity index (χ1) is 11.7. The molecule has 0 radical (unpaired) electrons. The minimum Gasteiger partial charge on any atom is -0.476 e. The van der Waals surface area contributed by atoms with E-state index in [9.17, 15) is 14.4 Å². The average molecular weight is 354 g/mol. The molecular weight excluding hydrogens is 341 g/mol. The second-order valence-corrected chi connectivity index (χ2v) is 3.72. The number of nitrogens with two attached hydrogens (primary N) is 3. The standard InChI is InChI=1S/C6H4N2O4.C5H5N3O.CH4N2O/c9-5(10)3-4(6(11)12)8-2-1-7-3;6-5(9)4-3-7-1-2-8-4;2-1(3)4/h1-2H,(H,9,10)(H,11,12);1-3H,(H2,6,9);(H4,2,3,4)/i;6+1;2+1,3+1. The fraction of sp³-hybridized carbons (Fsp3) is 0. The first kappa shape index (κ1) is 20.8. The molecule has 2 aromatic rings. The molecule has 13 heteroatoms. The van der Waals surface area contributed by atoms with E-state index in [1.165, 1.54) is 18.6 Å². The van der Waals surface area contributed by atoms with Crippen LogP contribution in [0.15, 0.2) is 31.0 Å². The van der Waals surface area contributed by atoms with Crippen LogP contribution in [0.25, 0.3) is 0 Å². The fourth-order valence-corrected chi connectivity index (χ4v) is 1.08. The summed E-state index contributed by atoms with van der Waals surface area (Å²) in [6.07, 6.45) is 6.46. The lowest BCUT2D eigenvalue weighted by Crippen LogP contribution is -2.18. The number of carboxylic acids is 2. The third-order valence-electron chi connectivity index (χ3n) is 1.92. The minimum atomic E-state index is -1.40. The Hall–Kier alpha value is -4.16. The summed E-state index contributed by atoms with van der Waals surface area (Å²) in [4.78, 5) is 54.0. The zero-order chi connectivity index (χ0) is 19.4. The van der Waals surface area contributed by atoms with E-state index in [0.29, 0.717) is 0 Å². The Labute approximate surface area is 139 Å². The van der Waals surface area contributed by atoms with Crippen LogP contribution in [-0.2, 0) is 0 Å². The molecule has 2 heterocycles. The zero-order valence-electron chi connectivity index (χ0n) is 12.4. The summed E-state index contributed by atoms with van der Waals surface area (Å²) in [5, 5.41) is 16.9. The van der Waals surface area contributed by atoms with Crippen LogP contribution in [0.5, 0.6) is 0 Å². The fourth-order valence-electron chi connectivity index (χ4n) is 1.08. The van der Waals surface area contributed by atoms with Crippen molar-refractivity contribution in [3.05, 3.63) is 48.1 Å². The van der Waals surface area contributed by atoms with Crippen LogP contribution in [0.1, 0.15) is 31.5 Å². The van der Waals surface area contributed by atoms with Crippen molar-refractivity contribution in [2.24, 2.45) is 17.2 Å². The quantitative estimate of drug-likeness (QED) is 0.398. The Balaban J connectivity index is 0.000000391. The lowest BCUT2D eigenvalue weighted by atomic mass is 10.3. The molecule has 0 aliphatic rings. The van der Waals surface area contributed by atoms with Crippen LogP contribution in [0.2, 0.25) is 0 Å². The normalized spacial score (nSPS) is 8.64. The van der Waals surface area contributed by atoms with Gasteiger partial charge in [-0.1, -0.05) is 0 Å². The number of carbonyl (C=O) groups is 4. The lowest BCUT2D eigenvalue weighted by molar-refractivity contribution is 0.0641. The second-order valence-electron chi connectivity index (χ2n) is 3.72. The number of aromatic nitrogens is 4. The van der Waals surface area contributed by atoms with Crippen molar-refractivity contribution < 1.29 is 29.4 Å². The number of rotatable bonds is 3. The molecule has 2 aromatic heterocycles. The highest BCUT2D eigenvalue weighted by molar-refractivity contribution is 5.98. The van der Waals surface area contributed by atoms with Gasteiger partial charge in [0.1, 0.15) is 5.69 Å².